The molecule has 0 bridgehead atoms. The number of aryl methyl sites for hydroxylation is 1. The lowest BCUT2D eigenvalue weighted by Crippen LogP contribution is -2.16. The van der Waals surface area contributed by atoms with Crippen LogP contribution in [0.25, 0.3) is 0 Å². The van der Waals surface area contributed by atoms with E-state index in [4.69, 9.17) is 25.8 Å². The summed E-state index contributed by atoms with van der Waals surface area (Å²) in [4.78, 5) is 25.1. The Bertz CT molecular complexity index is 1200. The lowest BCUT2D eigenvalue weighted by molar-refractivity contribution is -0.116. The van der Waals surface area contributed by atoms with E-state index in [1.807, 2.05) is 12.1 Å². The van der Waals surface area contributed by atoms with E-state index in [2.05, 4.69) is 10.6 Å². The molecule has 0 unspecified atom stereocenters. The number of carbonyl (C=O) groups excluding carboxylic acids is 2. The first kappa shape index (κ1) is 24.9. The standard InChI is InChI=1S/C25H24ClFN2O5/c1-32-21-10-7-17(14-20(21)29-25(31)18-8-6-16(26)13-19(18)27)28-24(30)11-5-15-4-9-22(33-2)23(12-15)34-3/h4,6-10,12-14H,5,11H2,1-3H3,(H,28,30)(H,29,31). The van der Waals surface area contributed by atoms with E-state index in [1.165, 1.54) is 19.2 Å². The Hall–Kier alpha value is -3.78. The van der Waals surface area contributed by atoms with Crippen molar-refractivity contribution in [2.75, 3.05) is 32.0 Å². The van der Waals surface area contributed by atoms with Crippen molar-refractivity contribution in [1.29, 1.82) is 0 Å². The maximum atomic E-state index is 14.1. The summed E-state index contributed by atoms with van der Waals surface area (Å²) in [5.74, 6) is -0.0879. The first-order valence-corrected chi connectivity index (χ1v) is 10.7. The van der Waals surface area contributed by atoms with Crippen LogP contribution in [0.2, 0.25) is 5.02 Å². The van der Waals surface area contributed by atoms with Crippen LogP contribution >= 0.6 is 11.6 Å². The van der Waals surface area contributed by atoms with Gasteiger partial charge in [-0.25, -0.2) is 4.39 Å². The van der Waals surface area contributed by atoms with Gasteiger partial charge in [-0.15, -0.1) is 0 Å². The molecule has 0 aliphatic heterocycles. The zero-order chi connectivity index (χ0) is 24.7. The van der Waals surface area contributed by atoms with Gasteiger partial charge in [0.2, 0.25) is 5.91 Å². The Balaban J connectivity index is 1.67. The van der Waals surface area contributed by atoms with Crippen molar-refractivity contribution in [2.24, 2.45) is 0 Å². The second-order valence-electron chi connectivity index (χ2n) is 7.23. The number of hydrogen-bond donors (Lipinski definition) is 2. The van der Waals surface area contributed by atoms with Crippen LogP contribution in [0.4, 0.5) is 15.8 Å². The van der Waals surface area contributed by atoms with Crippen molar-refractivity contribution < 1.29 is 28.2 Å². The maximum Gasteiger partial charge on any atom is 0.258 e. The second-order valence-corrected chi connectivity index (χ2v) is 7.67. The van der Waals surface area contributed by atoms with Crippen LogP contribution in [-0.4, -0.2) is 33.1 Å². The lowest BCUT2D eigenvalue weighted by atomic mass is 10.1. The normalized spacial score (nSPS) is 10.4. The van der Waals surface area contributed by atoms with Crippen LogP contribution in [0.3, 0.4) is 0 Å². The maximum absolute atomic E-state index is 14.1. The SMILES string of the molecule is COc1ccc(NC(=O)CCc2ccc(OC)c(OC)c2)cc1NC(=O)c1ccc(Cl)cc1F. The van der Waals surface area contributed by atoms with Crippen LogP contribution in [-0.2, 0) is 11.2 Å². The molecule has 0 aliphatic rings. The molecule has 2 N–H and O–H groups in total. The van der Waals surface area contributed by atoms with E-state index in [0.717, 1.165) is 11.6 Å². The molecule has 34 heavy (non-hydrogen) atoms. The van der Waals surface area contributed by atoms with Gasteiger partial charge < -0.3 is 24.8 Å². The summed E-state index contributed by atoms with van der Waals surface area (Å²) in [6.07, 6.45) is 0.709. The number of ether oxygens (including phenoxy) is 3. The Morgan fingerprint density at radius 1 is 0.853 bits per heavy atom. The smallest absolute Gasteiger partial charge is 0.258 e. The predicted octanol–water partition coefficient (Wildman–Crippen LogP) is 5.33. The van der Waals surface area contributed by atoms with Crippen LogP contribution in [0.1, 0.15) is 22.3 Å². The molecule has 0 saturated heterocycles. The molecular weight excluding hydrogens is 463 g/mol. The highest BCUT2D eigenvalue weighted by Gasteiger charge is 2.16. The van der Waals surface area contributed by atoms with Gasteiger partial charge in [0, 0.05) is 17.1 Å². The van der Waals surface area contributed by atoms with Gasteiger partial charge in [-0.2, -0.15) is 0 Å². The first-order chi connectivity index (χ1) is 16.3. The number of methoxy groups -OCH3 is 3. The number of halogens is 2. The Labute approximate surface area is 201 Å². The molecule has 3 rings (SSSR count). The monoisotopic (exact) mass is 486 g/mol. The third-order valence-electron chi connectivity index (χ3n) is 5.00. The summed E-state index contributed by atoms with van der Waals surface area (Å²) < 4.78 is 29.9. The van der Waals surface area contributed by atoms with Crippen molar-refractivity contribution in [3.63, 3.8) is 0 Å². The number of benzene rings is 3. The zero-order valence-corrected chi connectivity index (χ0v) is 19.7. The van der Waals surface area contributed by atoms with E-state index in [9.17, 15) is 14.0 Å². The molecule has 0 spiro atoms. The third-order valence-corrected chi connectivity index (χ3v) is 5.23. The molecule has 3 aromatic carbocycles. The van der Waals surface area contributed by atoms with Crippen LogP contribution < -0.4 is 24.8 Å². The largest absolute Gasteiger partial charge is 0.495 e. The molecule has 0 saturated carbocycles. The zero-order valence-electron chi connectivity index (χ0n) is 18.9. The molecule has 0 heterocycles. The molecule has 0 aromatic heterocycles. The molecule has 0 radical (unpaired) electrons. The van der Waals surface area contributed by atoms with E-state index in [-0.39, 0.29) is 28.6 Å². The van der Waals surface area contributed by atoms with E-state index in [1.54, 1.807) is 38.5 Å². The first-order valence-electron chi connectivity index (χ1n) is 10.3. The van der Waals surface area contributed by atoms with E-state index < -0.39 is 11.7 Å². The predicted molar refractivity (Wildman–Crippen MR) is 129 cm³/mol. The van der Waals surface area contributed by atoms with Gasteiger partial charge in [0.05, 0.1) is 32.6 Å². The van der Waals surface area contributed by atoms with Gasteiger partial charge in [0.15, 0.2) is 11.5 Å². The number of rotatable bonds is 9. The highest BCUT2D eigenvalue weighted by molar-refractivity contribution is 6.30. The van der Waals surface area contributed by atoms with Gasteiger partial charge in [-0.05, 0) is 60.5 Å². The fourth-order valence-electron chi connectivity index (χ4n) is 3.26. The number of amides is 2. The van der Waals surface area contributed by atoms with E-state index in [0.29, 0.717) is 29.4 Å². The second kappa shape index (κ2) is 11.4. The Kier molecular flexibility index (Phi) is 8.32. The van der Waals surface area contributed by atoms with Gasteiger partial charge >= 0.3 is 0 Å². The number of carbonyl (C=O) groups is 2. The number of anilines is 2. The molecule has 0 atom stereocenters. The third kappa shape index (κ3) is 6.17. The molecule has 178 valence electrons. The quantitative estimate of drug-likeness (QED) is 0.427. The average Bonchev–Trinajstić information content (AvgIpc) is 2.82. The Morgan fingerprint density at radius 2 is 1.56 bits per heavy atom. The molecule has 0 fully saturated rings. The van der Waals surface area contributed by atoms with Gasteiger partial charge in [-0.1, -0.05) is 17.7 Å². The van der Waals surface area contributed by atoms with Gasteiger partial charge in [0.1, 0.15) is 11.6 Å². The lowest BCUT2D eigenvalue weighted by Gasteiger charge is -2.13. The minimum absolute atomic E-state index is 0.171. The van der Waals surface area contributed by atoms with Crippen LogP contribution in [0, 0.1) is 5.82 Å². The molecule has 3 aromatic rings. The minimum atomic E-state index is -0.747. The molecule has 0 aliphatic carbocycles. The van der Waals surface area contributed by atoms with Crippen molar-refractivity contribution in [2.45, 2.75) is 12.8 Å². The summed E-state index contributed by atoms with van der Waals surface area (Å²) >= 11 is 5.75. The molecular formula is C25H24ClFN2O5. The fraction of sp³-hybridized carbons (Fsp3) is 0.200. The van der Waals surface area contributed by atoms with Crippen molar-refractivity contribution in [1.82, 2.24) is 0 Å². The van der Waals surface area contributed by atoms with E-state index >= 15 is 0 Å². The molecule has 2 amide bonds. The molecule has 9 heteroatoms. The fourth-order valence-corrected chi connectivity index (χ4v) is 3.42. The van der Waals surface area contributed by atoms with Crippen molar-refractivity contribution in [3.05, 3.63) is 76.6 Å². The number of hydrogen-bond acceptors (Lipinski definition) is 5. The minimum Gasteiger partial charge on any atom is -0.495 e. The van der Waals surface area contributed by atoms with Gasteiger partial charge in [-0.3, -0.25) is 9.59 Å². The summed E-state index contributed by atoms with van der Waals surface area (Å²) in [5.41, 5.74) is 1.47. The van der Waals surface area contributed by atoms with Gasteiger partial charge in [0.25, 0.3) is 5.91 Å². The summed E-state index contributed by atoms with van der Waals surface area (Å²) in [5, 5.41) is 5.59. The molecule has 7 nitrogen and oxygen atoms in total. The Morgan fingerprint density at radius 3 is 2.24 bits per heavy atom. The van der Waals surface area contributed by atoms with Crippen molar-refractivity contribution in [3.8, 4) is 17.2 Å². The average molecular weight is 487 g/mol. The van der Waals surface area contributed by atoms with Crippen LogP contribution in [0.15, 0.2) is 54.6 Å². The summed E-state index contributed by atoms with van der Waals surface area (Å²) in [6.45, 7) is 0. The highest BCUT2D eigenvalue weighted by Crippen LogP contribution is 2.30. The summed E-state index contributed by atoms with van der Waals surface area (Å²) in [6, 6.07) is 14.0. The highest BCUT2D eigenvalue weighted by atomic mass is 35.5. The summed E-state index contributed by atoms with van der Waals surface area (Å²) in [7, 11) is 4.55. The van der Waals surface area contributed by atoms with Crippen molar-refractivity contribution >= 4 is 34.8 Å². The number of nitrogens with one attached hydrogen (secondary N) is 2. The van der Waals surface area contributed by atoms with Crippen LogP contribution in [0.5, 0.6) is 17.2 Å². The topological polar surface area (TPSA) is 85.9 Å².